The maximum Gasteiger partial charge on any atom is 0.328 e. The highest BCUT2D eigenvalue weighted by Crippen LogP contribution is 2.34. The number of halogens is 1. The highest BCUT2D eigenvalue weighted by Gasteiger charge is 2.54. The zero-order valence-electron chi connectivity index (χ0n) is 18.1. The van der Waals surface area contributed by atoms with E-state index in [4.69, 9.17) is 4.99 Å². The Kier molecular flexibility index (Phi) is 4.36. The average molecular weight is 443 g/mol. The van der Waals surface area contributed by atoms with Crippen molar-refractivity contribution in [3.8, 4) is 0 Å². The fourth-order valence-electron chi connectivity index (χ4n) is 5.05. The molecule has 0 spiro atoms. The van der Waals surface area contributed by atoms with Crippen LogP contribution < -0.4 is 4.90 Å². The Morgan fingerprint density at radius 3 is 2.55 bits per heavy atom. The van der Waals surface area contributed by atoms with Gasteiger partial charge in [0, 0.05) is 25.8 Å². The number of anilines is 1. The number of rotatable bonds is 3. The summed E-state index contributed by atoms with van der Waals surface area (Å²) >= 11 is 0. The van der Waals surface area contributed by atoms with Crippen LogP contribution in [0.25, 0.3) is 10.8 Å². The van der Waals surface area contributed by atoms with Crippen molar-refractivity contribution in [3.05, 3.63) is 78.1 Å². The first kappa shape index (κ1) is 19.7. The molecule has 3 amide bonds. The number of fused-ring (bicyclic) bond motifs is 4. The molecule has 0 N–H and O–H groups in total. The van der Waals surface area contributed by atoms with E-state index in [1.165, 1.54) is 17.0 Å². The molecule has 8 heteroatoms. The second-order valence-electron chi connectivity index (χ2n) is 8.57. The van der Waals surface area contributed by atoms with Gasteiger partial charge >= 0.3 is 6.03 Å². The summed E-state index contributed by atoms with van der Waals surface area (Å²) in [5, 5.41) is 2.09. The Labute approximate surface area is 190 Å². The van der Waals surface area contributed by atoms with Crippen molar-refractivity contribution in [2.24, 2.45) is 4.99 Å². The molecular formula is C25H22FN5O2. The van der Waals surface area contributed by atoms with E-state index in [1.54, 1.807) is 24.1 Å². The number of guanidine groups is 1. The molecule has 3 aromatic carbocycles. The lowest BCUT2D eigenvalue weighted by Gasteiger charge is -2.40. The number of hydrogen-bond acceptors (Lipinski definition) is 5. The van der Waals surface area contributed by atoms with Gasteiger partial charge in [0.1, 0.15) is 5.82 Å². The summed E-state index contributed by atoms with van der Waals surface area (Å²) in [6.45, 7) is 1.45. The number of likely N-dealkylation sites (N-methyl/N-ethyl adjacent to an activating group) is 1. The van der Waals surface area contributed by atoms with Gasteiger partial charge in [-0.05, 0) is 40.6 Å². The first-order valence-electron chi connectivity index (χ1n) is 11.0. The molecule has 0 aliphatic carbocycles. The van der Waals surface area contributed by atoms with Crippen molar-refractivity contribution in [2.75, 3.05) is 25.0 Å². The molecule has 3 aliphatic rings. The number of nitrogens with zero attached hydrogens (tertiary/aromatic N) is 5. The van der Waals surface area contributed by atoms with E-state index >= 15 is 0 Å². The van der Waals surface area contributed by atoms with Crippen LogP contribution in [0.15, 0.2) is 71.7 Å². The van der Waals surface area contributed by atoms with Crippen LogP contribution in [0.2, 0.25) is 0 Å². The van der Waals surface area contributed by atoms with Crippen LogP contribution in [-0.2, 0) is 11.3 Å². The third kappa shape index (κ3) is 2.97. The summed E-state index contributed by atoms with van der Waals surface area (Å²) < 4.78 is 13.4. The van der Waals surface area contributed by atoms with Crippen LogP contribution in [0.1, 0.15) is 5.56 Å². The zero-order valence-corrected chi connectivity index (χ0v) is 18.1. The number of urea groups is 1. The maximum absolute atomic E-state index is 13.6. The minimum absolute atomic E-state index is 0.206. The van der Waals surface area contributed by atoms with E-state index in [9.17, 15) is 14.0 Å². The molecule has 0 bridgehead atoms. The molecular weight excluding hydrogens is 421 g/mol. The highest BCUT2D eigenvalue weighted by molar-refractivity contribution is 6.08. The van der Waals surface area contributed by atoms with Gasteiger partial charge in [-0.3, -0.25) is 9.69 Å². The predicted molar refractivity (Wildman–Crippen MR) is 123 cm³/mol. The molecule has 33 heavy (non-hydrogen) atoms. The van der Waals surface area contributed by atoms with E-state index in [1.807, 2.05) is 52.3 Å². The van der Waals surface area contributed by atoms with Gasteiger partial charge in [-0.2, -0.15) is 0 Å². The van der Waals surface area contributed by atoms with Crippen LogP contribution in [0.4, 0.5) is 14.9 Å². The molecule has 2 atom stereocenters. The lowest BCUT2D eigenvalue weighted by atomic mass is 10.0. The molecule has 3 heterocycles. The highest BCUT2D eigenvalue weighted by atomic mass is 19.1. The molecule has 3 aliphatic heterocycles. The lowest BCUT2D eigenvalue weighted by molar-refractivity contribution is -0.137. The fraction of sp³-hybridized carbons (Fsp3) is 0.240. The Bertz CT molecular complexity index is 1300. The Hall–Kier alpha value is -3.94. The molecule has 0 saturated carbocycles. The number of aliphatic imine (C=N–C) groups is 1. The minimum Gasteiger partial charge on any atom is -0.325 e. The molecule has 6 rings (SSSR count). The zero-order chi connectivity index (χ0) is 22.7. The largest absolute Gasteiger partial charge is 0.328 e. The van der Waals surface area contributed by atoms with Crippen LogP contribution >= 0.6 is 0 Å². The second-order valence-corrected chi connectivity index (χ2v) is 8.57. The van der Waals surface area contributed by atoms with Gasteiger partial charge in [0.15, 0.2) is 12.2 Å². The van der Waals surface area contributed by atoms with Gasteiger partial charge < -0.3 is 14.7 Å². The minimum atomic E-state index is -0.577. The summed E-state index contributed by atoms with van der Waals surface area (Å²) in [4.78, 5) is 38.4. The summed E-state index contributed by atoms with van der Waals surface area (Å²) in [6, 6.07) is 19.2. The van der Waals surface area contributed by atoms with Crippen molar-refractivity contribution in [1.82, 2.24) is 14.7 Å². The molecule has 7 nitrogen and oxygen atoms in total. The van der Waals surface area contributed by atoms with Crippen LogP contribution in [0, 0.1) is 5.82 Å². The molecule has 0 radical (unpaired) electrons. The van der Waals surface area contributed by atoms with E-state index in [2.05, 4.69) is 0 Å². The van der Waals surface area contributed by atoms with Gasteiger partial charge in [-0.25, -0.2) is 14.2 Å². The quantitative estimate of drug-likeness (QED) is 0.624. The number of carbonyl (C=O) groups excluding carboxylic acids is 2. The van der Waals surface area contributed by atoms with Crippen molar-refractivity contribution >= 4 is 34.4 Å². The first-order chi connectivity index (χ1) is 16.0. The topological polar surface area (TPSA) is 59.5 Å². The van der Waals surface area contributed by atoms with Crippen LogP contribution in [-0.4, -0.2) is 64.9 Å². The smallest absolute Gasteiger partial charge is 0.325 e. The van der Waals surface area contributed by atoms with Gasteiger partial charge in [-0.1, -0.05) is 42.5 Å². The normalized spacial score (nSPS) is 22.2. The lowest BCUT2D eigenvalue weighted by Crippen LogP contribution is -2.64. The molecule has 2 saturated heterocycles. The number of amides is 3. The first-order valence-corrected chi connectivity index (χ1v) is 11.0. The molecule has 2 fully saturated rings. The predicted octanol–water partition coefficient (Wildman–Crippen LogP) is 3.26. The van der Waals surface area contributed by atoms with Gasteiger partial charge in [0.05, 0.1) is 6.54 Å². The molecule has 3 aromatic rings. The second kappa shape index (κ2) is 7.30. The van der Waals surface area contributed by atoms with E-state index in [0.29, 0.717) is 19.0 Å². The van der Waals surface area contributed by atoms with Gasteiger partial charge in [0.25, 0.3) is 5.91 Å². The van der Waals surface area contributed by atoms with E-state index in [0.717, 1.165) is 22.0 Å². The van der Waals surface area contributed by atoms with Crippen molar-refractivity contribution < 1.29 is 14.0 Å². The third-order valence-corrected chi connectivity index (χ3v) is 6.72. The summed E-state index contributed by atoms with van der Waals surface area (Å²) in [7, 11) is 1.69. The summed E-state index contributed by atoms with van der Waals surface area (Å²) in [5.41, 5.74) is 1.74. The summed E-state index contributed by atoms with van der Waals surface area (Å²) in [6.07, 6.45) is -0.577. The number of benzene rings is 3. The Balaban J connectivity index is 1.32. The Morgan fingerprint density at radius 2 is 1.73 bits per heavy atom. The molecule has 0 aromatic heterocycles. The van der Waals surface area contributed by atoms with Crippen LogP contribution in [0.5, 0.6) is 0 Å². The molecule has 166 valence electrons. The third-order valence-electron chi connectivity index (χ3n) is 6.72. The Morgan fingerprint density at radius 1 is 0.970 bits per heavy atom. The monoisotopic (exact) mass is 443 g/mol. The van der Waals surface area contributed by atoms with Crippen LogP contribution in [0.3, 0.4) is 0 Å². The van der Waals surface area contributed by atoms with Gasteiger partial charge in [0.2, 0.25) is 5.96 Å². The fourth-order valence-corrected chi connectivity index (χ4v) is 5.05. The van der Waals surface area contributed by atoms with Crippen molar-refractivity contribution in [3.63, 3.8) is 0 Å². The number of imide groups is 1. The van der Waals surface area contributed by atoms with Crippen molar-refractivity contribution in [2.45, 2.75) is 18.8 Å². The average Bonchev–Trinajstić information content (AvgIpc) is 3.41. The number of carbonyl (C=O) groups is 2. The van der Waals surface area contributed by atoms with E-state index < -0.39 is 12.2 Å². The van der Waals surface area contributed by atoms with Crippen molar-refractivity contribution in [1.29, 1.82) is 0 Å². The maximum atomic E-state index is 13.6. The number of hydrogen-bond donors (Lipinski definition) is 0. The van der Waals surface area contributed by atoms with Gasteiger partial charge in [-0.15, -0.1) is 0 Å². The van der Waals surface area contributed by atoms with E-state index in [-0.39, 0.29) is 24.3 Å². The standard InChI is InChI=1S/C25H22FN5O2/c1-28-22-21(30-14-13-29(24(30)27-22)19-11-9-18(26)10-12-19)23(32)31(25(28)33)15-17-7-4-6-16-5-2-3-8-20(16)17/h2-12,21-22H,13-15H2,1H3. The SMILES string of the molecule is CN1C(=O)N(Cc2cccc3ccccc23)C(=O)C2C1N=C1N(c3ccc(F)cc3)CCN12. The summed E-state index contributed by atoms with van der Waals surface area (Å²) in [5.74, 6) is 0.105. The molecule has 2 unspecified atom stereocenters.